The summed E-state index contributed by atoms with van der Waals surface area (Å²) in [5, 5.41) is 4.41. The zero-order valence-electron chi connectivity index (χ0n) is 16.0. The summed E-state index contributed by atoms with van der Waals surface area (Å²) in [7, 11) is 0. The summed E-state index contributed by atoms with van der Waals surface area (Å²) in [6.07, 6.45) is 3.51. The monoisotopic (exact) mass is 441 g/mol. The van der Waals surface area contributed by atoms with Crippen molar-refractivity contribution >= 4 is 51.4 Å². The minimum Gasteiger partial charge on any atom is -0.493 e. The molecule has 152 valence electrons. The molecule has 1 aromatic heterocycles. The highest BCUT2D eigenvalue weighted by Gasteiger charge is 2.23. The number of carbonyl (C=O) groups is 1. The number of rotatable bonds is 5. The maximum atomic E-state index is 13.2. The molecule has 1 N–H and O–H groups in total. The van der Waals surface area contributed by atoms with E-state index in [2.05, 4.69) is 15.3 Å². The van der Waals surface area contributed by atoms with Gasteiger partial charge in [0.15, 0.2) is 5.17 Å². The first kappa shape index (κ1) is 20.4. The summed E-state index contributed by atoms with van der Waals surface area (Å²) < 4.78 is 18.8. The molecule has 2 heterocycles. The molecule has 0 aliphatic carbocycles. The number of carbonyl (C=O) groups excluding carboxylic acids is 1. The Morgan fingerprint density at radius 1 is 1.27 bits per heavy atom. The molecule has 0 unspecified atom stereocenters. The quantitative estimate of drug-likeness (QED) is 0.554. The Bertz CT molecular complexity index is 1200. The van der Waals surface area contributed by atoms with E-state index in [0.717, 1.165) is 22.2 Å². The molecule has 0 spiro atoms. The molecule has 8 heteroatoms. The summed E-state index contributed by atoms with van der Waals surface area (Å²) in [6.45, 7) is 2.73. The van der Waals surface area contributed by atoms with E-state index in [4.69, 9.17) is 16.3 Å². The molecule has 0 bridgehead atoms. The topological polar surface area (TPSA) is 63.6 Å². The summed E-state index contributed by atoms with van der Waals surface area (Å²) >= 11 is 7.28. The van der Waals surface area contributed by atoms with Crippen molar-refractivity contribution in [2.45, 2.75) is 13.5 Å². The van der Waals surface area contributed by atoms with Gasteiger partial charge in [-0.05, 0) is 66.2 Å². The average molecular weight is 442 g/mol. The van der Waals surface area contributed by atoms with Gasteiger partial charge in [-0.15, -0.1) is 0 Å². The van der Waals surface area contributed by atoms with Crippen molar-refractivity contribution in [2.75, 3.05) is 6.61 Å². The highest BCUT2D eigenvalue weighted by atomic mass is 35.5. The van der Waals surface area contributed by atoms with Crippen LogP contribution in [0.25, 0.3) is 17.0 Å². The van der Waals surface area contributed by atoms with Gasteiger partial charge < -0.3 is 10.1 Å². The molecule has 4 rings (SSSR count). The number of halogens is 2. The van der Waals surface area contributed by atoms with E-state index in [1.165, 1.54) is 23.9 Å². The zero-order chi connectivity index (χ0) is 21.1. The van der Waals surface area contributed by atoms with Gasteiger partial charge in [-0.2, -0.15) is 0 Å². The second-order valence-corrected chi connectivity index (χ2v) is 7.88. The molecule has 5 nitrogen and oxygen atoms in total. The standard InChI is InChI=1S/C22H17ClFN3O2S/c1-2-29-19-7-8-25-18-6-3-13(9-16(18)19)10-20-21(28)27-22(30-20)26-12-14-4-5-15(24)11-17(14)23/h3-11H,2,12H2,1H3,(H,26,27,28). The molecule has 1 amide bonds. The Morgan fingerprint density at radius 3 is 2.93 bits per heavy atom. The van der Waals surface area contributed by atoms with Gasteiger partial charge in [0.05, 0.1) is 23.6 Å². The molecule has 30 heavy (non-hydrogen) atoms. The van der Waals surface area contributed by atoms with Crippen LogP contribution in [0.5, 0.6) is 5.75 Å². The number of nitrogens with zero attached hydrogens (tertiary/aromatic N) is 2. The van der Waals surface area contributed by atoms with Gasteiger partial charge in [0.2, 0.25) is 0 Å². The molecular formula is C22H17ClFN3O2S. The molecule has 3 aromatic rings. The van der Waals surface area contributed by atoms with Crippen LogP contribution in [-0.4, -0.2) is 22.7 Å². The number of amidine groups is 1. The summed E-state index contributed by atoms with van der Waals surface area (Å²) in [4.78, 5) is 21.6. The maximum Gasteiger partial charge on any atom is 0.264 e. The first-order valence-corrected chi connectivity index (χ1v) is 10.4. The van der Waals surface area contributed by atoms with Crippen LogP contribution in [0.4, 0.5) is 4.39 Å². The average Bonchev–Trinajstić information content (AvgIpc) is 3.07. The van der Waals surface area contributed by atoms with Crippen LogP contribution >= 0.6 is 23.4 Å². The number of hydrogen-bond donors (Lipinski definition) is 1. The lowest BCUT2D eigenvalue weighted by Gasteiger charge is -2.07. The number of benzene rings is 2. The van der Waals surface area contributed by atoms with Crippen LogP contribution in [0.15, 0.2) is 58.6 Å². The molecule has 1 aliphatic heterocycles. The second-order valence-electron chi connectivity index (χ2n) is 6.44. The molecule has 0 saturated carbocycles. The van der Waals surface area contributed by atoms with Crippen LogP contribution < -0.4 is 10.1 Å². The third-order valence-electron chi connectivity index (χ3n) is 4.38. The van der Waals surface area contributed by atoms with E-state index in [1.807, 2.05) is 31.2 Å². The van der Waals surface area contributed by atoms with E-state index in [0.29, 0.717) is 27.3 Å². The van der Waals surface area contributed by atoms with Crippen molar-refractivity contribution in [3.05, 3.63) is 75.5 Å². The zero-order valence-corrected chi connectivity index (χ0v) is 17.6. The lowest BCUT2D eigenvalue weighted by atomic mass is 10.1. The number of thioether (sulfide) groups is 1. The van der Waals surface area contributed by atoms with Crippen LogP contribution in [0.1, 0.15) is 18.1 Å². The molecule has 1 saturated heterocycles. The molecule has 1 fully saturated rings. The Morgan fingerprint density at radius 2 is 2.13 bits per heavy atom. The van der Waals surface area contributed by atoms with Gasteiger partial charge in [0.1, 0.15) is 11.6 Å². The van der Waals surface area contributed by atoms with Crippen LogP contribution in [0.2, 0.25) is 5.02 Å². The van der Waals surface area contributed by atoms with Crippen molar-refractivity contribution < 1.29 is 13.9 Å². The summed E-state index contributed by atoms with van der Waals surface area (Å²) in [5.74, 6) is 0.133. The van der Waals surface area contributed by atoms with E-state index < -0.39 is 5.82 Å². The number of fused-ring (bicyclic) bond motifs is 1. The van der Waals surface area contributed by atoms with E-state index >= 15 is 0 Å². The van der Waals surface area contributed by atoms with Crippen molar-refractivity contribution in [1.82, 2.24) is 10.3 Å². The highest BCUT2D eigenvalue weighted by molar-refractivity contribution is 8.18. The minimum absolute atomic E-state index is 0.222. The van der Waals surface area contributed by atoms with Crippen LogP contribution in [0.3, 0.4) is 0 Å². The number of aliphatic imine (C=N–C) groups is 1. The smallest absolute Gasteiger partial charge is 0.264 e. The van der Waals surface area contributed by atoms with Crippen LogP contribution in [-0.2, 0) is 11.3 Å². The van der Waals surface area contributed by atoms with Gasteiger partial charge >= 0.3 is 0 Å². The third-order valence-corrected chi connectivity index (χ3v) is 5.68. The first-order valence-electron chi connectivity index (χ1n) is 9.24. The van der Waals surface area contributed by atoms with Crippen molar-refractivity contribution in [3.8, 4) is 5.75 Å². The molecule has 0 atom stereocenters. The Labute approximate surface area is 182 Å². The Hall–Kier alpha value is -2.90. The lowest BCUT2D eigenvalue weighted by molar-refractivity contribution is -0.115. The lowest BCUT2D eigenvalue weighted by Crippen LogP contribution is -2.19. The largest absolute Gasteiger partial charge is 0.493 e. The van der Waals surface area contributed by atoms with Crippen LogP contribution in [0, 0.1) is 5.82 Å². The Kier molecular flexibility index (Phi) is 6.01. The first-order chi connectivity index (χ1) is 14.5. The summed E-state index contributed by atoms with van der Waals surface area (Å²) in [6, 6.07) is 11.7. The fourth-order valence-corrected chi connectivity index (χ4v) is 4.02. The molecule has 2 aromatic carbocycles. The normalized spacial score (nSPS) is 16.4. The fraction of sp³-hybridized carbons (Fsp3) is 0.136. The van der Waals surface area contributed by atoms with Gasteiger partial charge in [0, 0.05) is 16.6 Å². The predicted molar refractivity (Wildman–Crippen MR) is 119 cm³/mol. The van der Waals surface area contributed by atoms with Crippen molar-refractivity contribution in [2.24, 2.45) is 4.99 Å². The highest BCUT2D eigenvalue weighted by Crippen LogP contribution is 2.30. The molecule has 0 radical (unpaired) electrons. The van der Waals surface area contributed by atoms with Crippen molar-refractivity contribution in [3.63, 3.8) is 0 Å². The van der Waals surface area contributed by atoms with E-state index in [-0.39, 0.29) is 12.5 Å². The van der Waals surface area contributed by atoms with Crippen molar-refractivity contribution in [1.29, 1.82) is 0 Å². The Balaban J connectivity index is 1.55. The summed E-state index contributed by atoms with van der Waals surface area (Å²) in [5.41, 5.74) is 2.37. The number of ether oxygens (including phenoxy) is 1. The molecular weight excluding hydrogens is 425 g/mol. The van der Waals surface area contributed by atoms with Gasteiger partial charge in [-0.3, -0.25) is 14.8 Å². The van der Waals surface area contributed by atoms with Gasteiger partial charge in [-0.1, -0.05) is 23.7 Å². The molecule has 1 aliphatic rings. The second kappa shape index (κ2) is 8.85. The van der Waals surface area contributed by atoms with Gasteiger partial charge in [-0.25, -0.2) is 4.39 Å². The number of aromatic nitrogens is 1. The fourth-order valence-electron chi connectivity index (χ4n) is 2.97. The number of nitrogens with one attached hydrogen (secondary N) is 1. The number of amides is 1. The SMILES string of the molecule is CCOc1ccnc2ccc(C=C3SC(=NCc4ccc(F)cc4Cl)NC3=O)cc12. The number of pyridine rings is 1. The predicted octanol–water partition coefficient (Wildman–Crippen LogP) is 5.19. The third kappa shape index (κ3) is 4.47. The van der Waals surface area contributed by atoms with E-state index in [1.54, 1.807) is 18.3 Å². The van der Waals surface area contributed by atoms with Gasteiger partial charge in [0.25, 0.3) is 5.91 Å². The number of hydrogen-bond acceptors (Lipinski definition) is 5. The van der Waals surface area contributed by atoms with E-state index in [9.17, 15) is 9.18 Å². The maximum absolute atomic E-state index is 13.2. The minimum atomic E-state index is -0.400.